The van der Waals surface area contributed by atoms with E-state index in [4.69, 9.17) is 9.97 Å². The van der Waals surface area contributed by atoms with Crippen LogP contribution in [0.5, 0.6) is 0 Å². The summed E-state index contributed by atoms with van der Waals surface area (Å²) in [5.41, 5.74) is 15.5. The second-order valence-corrected chi connectivity index (χ2v) is 19.2. The first-order valence-corrected chi connectivity index (χ1v) is 24.5. The topological polar surface area (TPSA) is 40.6 Å². The minimum Gasteiger partial charge on any atom is -0.309 e. The Hall–Kier alpha value is -9.10. The highest BCUT2D eigenvalue weighted by atomic mass is 32.1. The van der Waals surface area contributed by atoms with Gasteiger partial charge < -0.3 is 9.13 Å². The largest absolute Gasteiger partial charge is 0.309 e. The zero-order chi connectivity index (χ0) is 45.9. The van der Waals surface area contributed by atoms with Crippen LogP contribution in [0.4, 0.5) is 0 Å². The molecule has 5 nitrogen and oxygen atoms in total. The molecule has 6 heteroatoms. The van der Waals surface area contributed by atoms with E-state index < -0.39 is 0 Å². The Kier molecular flexibility index (Phi) is 8.46. The van der Waals surface area contributed by atoms with Crippen LogP contribution >= 0.6 is 11.3 Å². The summed E-state index contributed by atoms with van der Waals surface area (Å²) in [7, 11) is 0. The Morgan fingerprint density at radius 2 is 0.871 bits per heavy atom. The average Bonchev–Trinajstić information content (AvgIpc) is 4.19. The minimum absolute atomic E-state index is 0.640. The van der Waals surface area contributed by atoms with Crippen molar-refractivity contribution < 1.29 is 0 Å². The van der Waals surface area contributed by atoms with E-state index in [1.165, 1.54) is 54.4 Å². The van der Waals surface area contributed by atoms with E-state index in [1.807, 2.05) is 0 Å². The molecule has 0 saturated carbocycles. The van der Waals surface area contributed by atoms with Crippen molar-refractivity contribution in [3.8, 4) is 50.1 Å². The highest BCUT2D eigenvalue weighted by Crippen LogP contribution is 2.44. The Morgan fingerprint density at radius 3 is 1.63 bits per heavy atom. The molecule has 15 aromatic rings. The predicted octanol–water partition coefficient (Wildman–Crippen LogP) is 17.1. The molecule has 0 radical (unpaired) electrons. The van der Waals surface area contributed by atoms with E-state index in [0.717, 1.165) is 76.2 Å². The van der Waals surface area contributed by atoms with Crippen LogP contribution in [0.25, 0.3) is 137 Å². The summed E-state index contributed by atoms with van der Waals surface area (Å²) in [6, 6.07) is 85.6. The highest BCUT2D eigenvalue weighted by molar-refractivity contribution is 7.22. The standard InChI is InChI=1S/C64H39N5S/c1-4-17-40(18-5-1)60-39-54-63(70-60)61(44-32-34-57-51(37-44)49-26-13-14-29-55(49)67(57)45-21-6-2-7-22-45)66-64(65-54)69-58-33-31-43(36-52(58)53-35-41-19-10-11-20-42(41)38-59(53)69)47-27-16-28-50-48-25-12-15-30-56(48)68(62(47)50)46-23-8-3-9-24-46/h1-39H. The fourth-order valence-electron chi connectivity index (χ4n) is 11.1. The number of benzene rings is 10. The third kappa shape index (κ3) is 5.84. The van der Waals surface area contributed by atoms with Crippen LogP contribution in [0, 0.1) is 0 Å². The fraction of sp³-hybridized carbons (Fsp3) is 0. The summed E-state index contributed by atoms with van der Waals surface area (Å²) in [6.07, 6.45) is 0. The first kappa shape index (κ1) is 38.9. The summed E-state index contributed by atoms with van der Waals surface area (Å²) in [5.74, 6) is 0.640. The van der Waals surface area contributed by atoms with Gasteiger partial charge in [-0.1, -0.05) is 158 Å². The molecular formula is C64H39N5S. The van der Waals surface area contributed by atoms with Gasteiger partial charge in [-0.3, -0.25) is 4.57 Å². The number of nitrogens with zero attached hydrogens (tertiary/aromatic N) is 5. The van der Waals surface area contributed by atoms with Gasteiger partial charge in [-0.05, 0) is 101 Å². The molecule has 70 heavy (non-hydrogen) atoms. The van der Waals surface area contributed by atoms with Crippen molar-refractivity contribution in [1.82, 2.24) is 23.7 Å². The van der Waals surface area contributed by atoms with Crippen LogP contribution in [0.2, 0.25) is 0 Å². The number of hydrogen-bond donors (Lipinski definition) is 0. The number of fused-ring (bicyclic) bond motifs is 11. The zero-order valence-electron chi connectivity index (χ0n) is 37.7. The second-order valence-electron chi connectivity index (χ2n) is 18.2. The van der Waals surface area contributed by atoms with Crippen LogP contribution in [0.15, 0.2) is 237 Å². The molecule has 0 spiro atoms. The Labute approximate surface area is 406 Å². The van der Waals surface area contributed by atoms with Gasteiger partial charge in [0.2, 0.25) is 5.95 Å². The zero-order valence-corrected chi connectivity index (χ0v) is 38.5. The Bertz CT molecular complexity index is 4580. The number of aromatic nitrogens is 5. The molecule has 0 aliphatic carbocycles. The summed E-state index contributed by atoms with van der Waals surface area (Å²) < 4.78 is 8.15. The molecule has 0 aliphatic heterocycles. The summed E-state index contributed by atoms with van der Waals surface area (Å²) in [5, 5.41) is 9.51. The van der Waals surface area contributed by atoms with E-state index in [9.17, 15) is 0 Å². The summed E-state index contributed by atoms with van der Waals surface area (Å²) in [4.78, 5) is 12.4. The van der Waals surface area contributed by atoms with Crippen LogP contribution < -0.4 is 0 Å². The van der Waals surface area contributed by atoms with Crippen LogP contribution in [-0.2, 0) is 0 Å². The lowest BCUT2D eigenvalue weighted by atomic mass is 9.99. The maximum Gasteiger partial charge on any atom is 0.235 e. The van der Waals surface area contributed by atoms with Crippen molar-refractivity contribution in [2.75, 3.05) is 0 Å². The molecule has 0 amide bonds. The third-order valence-electron chi connectivity index (χ3n) is 14.2. The fourth-order valence-corrected chi connectivity index (χ4v) is 12.2. The third-order valence-corrected chi connectivity index (χ3v) is 15.4. The van der Waals surface area contributed by atoms with Gasteiger partial charge in [0.15, 0.2) is 0 Å². The van der Waals surface area contributed by atoms with Crippen LogP contribution in [0.3, 0.4) is 0 Å². The van der Waals surface area contributed by atoms with E-state index in [0.29, 0.717) is 5.95 Å². The van der Waals surface area contributed by atoms with E-state index in [2.05, 4.69) is 250 Å². The normalized spacial score (nSPS) is 12.0. The average molecular weight is 910 g/mol. The molecule has 326 valence electrons. The molecule has 0 aliphatic rings. The highest BCUT2D eigenvalue weighted by Gasteiger charge is 2.23. The molecule has 10 aromatic carbocycles. The number of hydrogen-bond acceptors (Lipinski definition) is 3. The monoisotopic (exact) mass is 909 g/mol. The van der Waals surface area contributed by atoms with Crippen molar-refractivity contribution in [2.24, 2.45) is 0 Å². The molecule has 0 bridgehead atoms. The number of rotatable bonds is 6. The molecule has 0 N–H and O–H groups in total. The first-order chi connectivity index (χ1) is 34.7. The van der Waals surface area contributed by atoms with Crippen molar-refractivity contribution in [3.05, 3.63) is 237 Å². The smallest absolute Gasteiger partial charge is 0.235 e. The summed E-state index contributed by atoms with van der Waals surface area (Å²) >= 11 is 1.76. The quantitative estimate of drug-likeness (QED) is 0.167. The van der Waals surface area contributed by atoms with Gasteiger partial charge in [0.25, 0.3) is 0 Å². The molecule has 0 fully saturated rings. The van der Waals surface area contributed by atoms with Gasteiger partial charge in [-0.2, -0.15) is 0 Å². The van der Waals surface area contributed by atoms with Gasteiger partial charge in [-0.25, -0.2) is 9.97 Å². The number of thiophene rings is 1. The molecule has 5 heterocycles. The van der Waals surface area contributed by atoms with Crippen LogP contribution in [-0.4, -0.2) is 23.7 Å². The Morgan fingerprint density at radius 1 is 0.329 bits per heavy atom. The molecule has 15 rings (SSSR count). The molecule has 5 aromatic heterocycles. The van der Waals surface area contributed by atoms with Gasteiger partial charge >= 0.3 is 0 Å². The van der Waals surface area contributed by atoms with Crippen molar-refractivity contribution in [1.29, 1.82) is 0 Å². The maximum atomic E-state index is 5.70. The first-order valence-electron chi connectivity index (χ1n) is 23.7. The lowest BCUT2D eigenvalue weighted by molar-refractivity contribution is 1.02. The predicted molar refractivity (Wildman–Crippen MR) is 294 cm³/mol. The molecule has 0 unspecified atom stereocenters. The van der Waals surface area contributed by atoms with Gasteiger partial charge in [0.1, 0.15) is 0 Å². The van der Waals surface area contributed by atoms with Crippen LogP contribution in [0.1, 0.15) is 0 Å². The van der Waals surface area contributed by atoms with Gasteiger partial charge in [0.05, 0.1) is 49.0 Å². The molecule has 0 atom stereocenters. The van der Waals surface area contributed by atoms with Crippen molar-refractivity contribution in [3.63, 3.8) is 0 Å². The Balaban J connectivity index is 0.997. The van der Waals surface area contributed by atoms with E-state index >= 15 is 0 Å². The minimum atomic E-state index is 0.640. The lowest BCUT2D eigenvalue weighted by Gasteiger charge is -2.12. The van der Waals surface area contributed by atoms with Gasteiger partial charge in [-0.15, -0.1) is 11.3 Å². The van der Waals surface area contributed by atoms with Crippen molar-refractivity contribution >= 4 is 97.7 Å². The number of para-hydroxylation sites is 5. The second kappa shape index (κ2) is 15.2. The lowest BCUT2D eigenvalue weighted by Crippen LogP contribution is -2.02. The molecular weight excluding hydrogens is 871 g/mol. The van der Waals surface area contributed by atoms with E-state index in [1.54, 1.807) is 11.3 Å². The van der Waals surface area contributed by atoms with Crippen molar-refractivity contribution in [2.45, 2.75) is 0 Å². The van der Waals surface area contributed by atoms with E-state index in [-0.39, 0.29) is 0 Å². The summed E-state index contributed by atoms with van der Waals surface area (Å²) in [6.45, 7) is 0. The SMILES string of the molecule is c1ccc(-c2cc3nc(-n4c5ccc(-c6cccc7c8ccccc8n(-c8ccccc8)c67)cc5c5cc6ccccc6cc54)nc(-c4ccc5c(c4)c4ccccc4n5-c4ccccc4)c3s2)cc1. The van der Waals surface area contributed by atoms with Gasteiger partial charge in [0, 0.05) is 59.7 Å². The molecule has 0 saturated heterocycles. The maximum absolute atomic E-state index is 5.70.